The Hall–Kier alpha value is -2.62. The minimum absolute atomic E-state index is 0.735. The molecule has 0 bridgehead atoms. The van der Waals surface area contributed by atoms with Gasteiger partial charge in [0.2, 0.25) is 0 Å². The van der Waals surface area contributed by atoms with Crippen LogP contribution in [-0.2, 0) is 13.1 Å². The van der Waals surface area contributed by atoms with E-state index >= 15 is 0 Å². The van der Waals surface area contributed by atoms with Gasteiger partial charge in [0, 0.05) is 24.3 Å². The molecule has 0 unspecified atom stereocenters. The highest BCUT2D eigenvalue weighted by Gasteiger charge is 1.97. The first kappa shape index (κ1) is 12.4. The van der Waals surface area contributed by atoms with Crippen molar-refractivity contribution in [1.82, 2.24) is 14.8 Å². The van der Waals surface area contributed by atoms with Crippen LogP contribution in [-0.4, -0.2) is 14.8 Å². The fraction of sp³-hybridized carbons (Fsp3) is 0.125. The number of nitrogens with zero attached hydrogens (tertiary/aromatic N) is 3. The Morgan fingerprint density at radius 1 is 0.950 bits per heavy atom. The van der Waals surface area contributed by atoms with E-state index in [4.69, 9.17) is 0 Å². The molecule has 0 saturated carbocycles. The largest absolute Gasteiger partial charge is 0.379 e. The van der Waals surface area contributed by atoms with Crippen LogP contribution in [0.15, 0.2) is 67.1 Å². The third-order valence-corrected chi connectivity index (χ3v) is 3.06. The molecular weight excluding hydrogens is 248 g/mol. The Balaban J connectivity index is 1.59. The maximum Gasteiger partial charge on any atom is 0.0659 e. The van der Waals surface area contributed by atoms with E-state index < -0.39 is 0 Å². The van der Waals surface area contributed by atoms with Crippen LogP contribution in [0.1, 0.15) is 11.3 Å². The molecule has 0 aliphatic rings. The molecular formula is C16H16N4. The first-order valence-electron chi connectivity index (χ1n) is 6.60. The van der Waals surface area contributed by atoms with E-state index in [0.29, 0.717) is 0 Å². The minimum Gasteiger partial charge on any atom is -0.379 e. The maximum atomic E-state index is 4.29. The van der Waals surface area contributed by atoms with Crippen LogP contribution in [0.4, 0.5) is 5.69 Å². The van der Waals surface area contributed by atoms with Gasteiger partial charge in [-0.3, -0.25) is 9.67 Å². The quantitative estimate of drug-likeness (QED) is 0.770. The summed E-state index contributed by atoms with van der Waals surface area (Å²) in [4.78, 5) is 4.29. The second-order valence-electron chi connectivity index (χ2n) is 4.58. The summed E-state index contributed by atoms with van der Waals surface area (Å²) in [6.45, 7) is 1.53. The highest BCUT2D eigenvalue weighted by molar-refractivity contribution is 5.44. The smallest absolute Gasteiger partial charge is 0.0659 e. The first-order chi connectivity index (χ1) is 9.90. The first-order valence-corrected chi connectivity index (χ1v) is 6.60. The molecule has 0 aliphatic carbocycles. The van der Waals surface area contributed by atoms with Crippen molar-refractivity contribution < 1.29 is 0 Å². The molecule has 20 heavy (non-hydrogen) atoms. The second-order valence-corrected chi connectivity index (χ2v) is 4.58. The zero-order valence-corrected chi connectivity index (χ0v) is 11.1. The van der Waals surface area contributed by atoms with Crippen LogP contribution in [0.2, 0.25) is 0 Å². The maximum absolute atomic E-state index is 4.29. The molecule has 2 aromatic heterocycles. The molecule has 3 rings (SSSR count). The Morgan fingerprint density at radius 3 is 2.55 bits per heavy atom. The fourth-order valence-electron chi connectivity index (χ4n) is 2.00. The van der Waals surface area contributed by atoms with Gasteiger partial charge in [-0.25, -0.2) is 0 Å². The average Bonchev–Trinajstić information content (AvgIpc) is 3.01. The number of rotatable bonds is 5. The predicted octanol–water partition coefficient (Wildman–Crippen LogP) is 2.94. The Morgan fingerprint density at radius 2 is 1.85 bits per heavy atom. The standard InChI is InChI=1S/C16H16N4/c1-2-9-17-16(4-1)12-18-15-7-5-14(6-8-15)13-20-11-3-10-19-20/h1-11,18H,12-13H2. The lowest BCUT2D eigenvalue weighted by atomic mass is 10.2. The molecule has 0 saturated heterocycles. The van der Waals surface area contributed by atoms with Gasteiger partial charge < -0.3 is 5.32 Å². The monoisotopic (exact) mass is 264 g/mol. The van der Waals surface area contributed by atoms with Crippen molar-refractivity contribution in [3.05, 3.63) is 78.4 Å². The van der Waals surface area contributed by atoms with Crippen LogP contribution >= 0.6 is 0 Å². The summed E-state index contributed by atoms with van der Waals surface area (Å²) in [5, 5.41) is 7.56. The molecule has 0 aliphatic heterocycles. The molecule has 0 atom stereocenters. The van der Waals surface area contributed by atoms with Gasteiger partial charge in [-0.15, -0.1) is 0 Å². The predicted molar refractivity (Wildman–Crippen MR) is 79.3 cm³/mol. The van der Waals surface area contributed by atoms with E-state index in [1.54, 1.807) is 6.20 Å². The second kappa shape index (κ2) is 6.02. The Kier molecular flexibility index (Phi) is 3.73. The van der Waals surface area contributed by atoms with Gasteiger partial charge in [0.1, 0.15) is 0 Å². The van der Waals surface area contributed by atoms with E-state index in [1.165, 1.54) is 5.56 Å². The molecule has 3 aromatic rings. The van der Waals surface area contributed by atoms with Gasteiger partial charge in [0.15, 0.2) is 0 Å². The van der Waals surface area contributed by atoms with Crippen molar-refractivity contribution in [1.29, 1.82) is 0 Å². The van der Waals surface area contributed by atoms with E-state index in [1.807, 2.05) is 41.3 Å². The summed E-state index contributed by atoms with van der Waals surface area (Å²) in [5.41, 5.74) is 3.37. The summed E-state index contributed by atoms with van der Waals surface area (Å²) in [7, 11) is 0. The number of pyridine rings is 1. The lowest BCUT2D eigenvalue weighted by Gasteiger charge is -2.07. The van der Waals surface area contributed by atoms with E-state index in [9.17, 15) is 0 Å². The topological polar surface area (TPSA) is 42.7 Å². The lowest BCUT2D eigenvalue weighted by molar-refractivity contribution is 0.687. The molecule has 0 amide bonds. The van der Waals surface area contributed by atoms with Crippen molar-refractivity contribution in [2.45, 2.75) is 13.1 Å². The normalized spacial score (nSPS) is 10.4. The summed E-state index contributed by atoms with van der Waals surface area (Å²) in [6, 6.07) is 16.3. The van der Waals surface area contributed by atoms with Gasteiger partial charge in [0.05, 0.1) is 18.8 Å². The highest BCUT2D eigenvalue weighted by atomic mass is 15.3. The third-order valence-electron chi connectivity index (χ3n) is 3.06. The van der Waals surface area contributed by atoms with Crippen molar-refractivity contribution >= 4 is 5.69 Å². The van der Waals surface area contributed by atoms with Gasteiger partial charge in [-0.2, -0.15) is 5.10 Å². The van der Waals surface area contributed by atoms with Crippen molar-refractivity contribution in [3.8, 4) is 0 Å². The van der Waals surface area contributed by atoms with Crippen LogP contribution in [0, 0.1) is 0 Å². The number of nitrogens with one attached hydrogen (secondary N) is 1. The number of aromatic nitrogens is 3. The van der Waals surface area contributed by atoms with Crippen molar-refractivity contribution in [2.75, 3.05) is 5.32 Å². The van der Waals surface area contributed by atoms with Gasteiger partial charge in [0.25, 0.3) is 0 Å². The van der Waals surface area contributed by atoms with Gasteiger partial charge >= 0.3 is 0 Å². The molecule has 0 fully saturated rings. The number of hydrogen-bond acceptors (Lipinski definition) is 3. The van der Waals surface area contributed by atoms with Crippen molar-refractivity contribution in [2.24, 2.45) is 0 Å². The molecule has 1 N–H and O–H groups in total. The fourth-order valence-corrected chi connectivity index (χ4v) is 2.00. The summed E-state index contributed by atoms with van der Waals surface area (Å²) < 4.78 is 1.91. The Labute approximate surface area is 118 Å². The summed E-state index contributed by atoms with van der Waals surface area (Å²) in [6.07, 6.45) is 5.57. The average molecular weight is 264 g/mol. The zero-order valence-electron chi connectivity index (χ0n) is 11.1. The van der Waals surface area contributed by atoms with E-state index in [-0.39, 0.29) is 0 Å². The zero-order chi connectivity index (χ0) is 13.6. The number of benzene rings is 1. The van der Waals surface area contributed by atoms with E-state index in [2.05, 4.69) is 39.7 Å². The molecule has 4 nitrogen and oxygen atoms in total. The summed E-state index contributed by atoms with van der Waals surface area (Å²) in [5.74, 6) is 0. The van der Waals surface area contributed by atoms with E-state index in [0.717, 1.165) is 24.5 Å². The van der Waals surface area contributed by atoms with Crippen LogP contribution in [0.5, 0.6) is 0 Å². The third kappa shape index (κ3) is 3.23. The highest BCUT2D eigenvalue weighted by Crippen LogP contribution is 2.11. The molecule has 4 heteroatoms. The van der Waals surface area contributed by atoms with Crippen LogP contribution in [0.25, 0.3) is 0 Å². The lowest BCUT2D eigenvalue weighted by Crippen LogP contribution is -2.02. The number of anilines is 1. The van der Waals surface area contributed by atoms with Gasteiger partial charge in [-0.1, -0.05) is 18.2 Å². The SMILES string of the molecule is c1ccc(CNc2ccc(Cn3cccn3)cc2)nc1. The van der Waals surface area contributed by atoms with Crippen LogP contribution < -0.4 is 5.32 Å². The van der Waals surface area contributed by atoms with Crippen molar-refractivity contribution in [3.63, 3.8) is 0 Å². The number of hydrogen-bond donors (Lipinski definition) is 1. The molecule has 100 valence electrons. The van der Waals surface area contributed by atoms with Gasteiger partial charge in [-0.05, 0) is 35.9 Å². The minimum atomic E-state index is 0.735. The molecule has 0 radical (unpaired) electrons. The molecule has 0 spiro atoms. The molecule has 2 heterocycles. The summed E-state index contributed by atoms with van der Waals surface area (Å²) >= 11 is 0. The van der Waals surface area contributed by atoms with Crippen LogP contribution in [0.3, 0.4) is 0 Å². The molecule has 1 aromatic carbocycles. The Bertz CT molecular complexity index is 630.